The molecular weight excluding hydrogens is 421 g/mol. The van der Waals surface area contributed by atoms with E-state index in [-0.39, 0.29) is 39.0 Å². The van der Waals surface area contributed by atoms with Gasteiger partial charge in [-0.25, -0.2) is 13.6 Å². The first-order chi connectivity index (χ1) is 14.9. The van der Waals surface area contributed by atoms with Gasteiger partial charge in [-0.15, -0.1) is 0 Å². The number of halogens is 2. The van der Waals surface area contributed by atoms with Gasteiger partial charge in [0.05, 0.1) is 29.2 Å². The Kier molecular flexibility index (Phi) is 4.98. The predicted octanol–water partition coefficient (Wildman–Crippen LogP) is 0.373. The second kappa shape index (κ2) is 7.32. The normalized spacial score (nSPS) is 15.1. The molecule has 1 aliphatic heterocycles. The number of hydrogen-bond donors (Lipinski definition) is 4. The summed E-state index contributed by atoms with van der Waals surface area (Å²) in [6.07, 6.45) is 1.00. The van der Waals surface area contributed by atoms with E-state index in [4.69, 9.17) is 19.3 Å². The number of aliphatic hydroxyl groups is 1. The fourth-order valence-electron chi connectivity index (χ4n) is 4.10. The molecule has 11 heteroatoms. The van der Waals surface area contributed by atoms with E-state index in [1.54, 1.807) is 11.8 Å². The van der Waals surface area contributed by atoms with Gasteiger partial charge in [0.2, 0.25) is 5.43 Å². The number of carboxylic acid groups (broad SMARTS) is 1. The zero-order chi connectivity index (χ0) is 23.5. The Bertz CT molecular complexity index is 1350. The number of rotatable bonds is 4. The van der Waals surface area contributed by atoms with Crippen LogP contribution in [0.1, 0.15) is 22.8 Å². The Morgan fingerprint density at radius 3 is 2.47 bits per heavy atom. The number of aromatic nitrogens is 1. The summed E-state index contributed by atoms with van der Waals surface area (Å²) >= 11 is 0. The summed E-state index contributed by atoms with van der Waals surface area (Å²) in [4.78, 5) is 26.1. The zero-order valence-corrected chi connectivity index (χ0v) is 17.0. The topological polar surface area (TPSA) is 135 Å². The molecular formula is C21H19BF2N4O4. The molecule has 0 bridgehead atoms. The molecule has 1 saturated heterocycles. The lowest BCUT2D eigenvalue weighted by atomic mass is 9.85. The molecule has 0 saturated carbocycles. The standard InChI is InChI=1S/C21H19BF2N4O4/c1-21(26)7-27(8-21)18-13(24)3-10-17(16(18)22)28(5-11(19(10)30)20(31)32)15-4-14(25)12(23)2-9(15)6-29/h2-5,29H,6-8,25-26H2,1H3,(H,31,32). The Labute approximate surface area is 182 Å². The molecule has 164 valence electrons. The zero-order valence-electron chi connectivity index (χ0n) is 17.0. The van der Waals surface area contributed by atoms with E-state index in [1.807, 2.05) is 0 Å². The molecule has 0 aliphatic carbocycles. The van der Waals surface area contributed by atoms with E-state index in [0.29, 0.717) is 13.1 Å². The highest BCUT2D eigenvalue weighted by Crippen LogP contribution is 2.31. The number of nitrogens with two attached hydrogens (primary N) is 2. The van der Waals surface area contributed by atoms with Crippen molar-refractivity contribution in [3.05, 3.63) is 57.4 Å². The number of carbonyl (C=O) groups is 1. The largest absolute Gasteiger partial charge is 0.477 e. The van der Waals surface area contributed by atoms with Crippen molar-refractivity contribution < 1.29 is 23.8 Å². The number of benzene rings is 2. The number of aliphatic hydroxyl groups excluding tert-OH is 1. The van der Waals surface area contributed by atoms with E-state index < -0.39 is 40.7 Å². The van der Waals surface area contributed by atoms with E-state index in [1.165, 1.54) is 10.6 Å². The maximum absolute atomic E-state index is 15.0. The van der Waals surface area contributed by atoms with Crippen LogP contribution in [0.2, 0.25) is 0 Å². The molecule has 2 aromatic carbocycles. The third kappa shape index (κ3) is 3.30. The highest BCUT2D eigenvalue weighted by atomic mass is 19.1. The average Bonchev–Trinajstić information content (AvgIpc) is 2.68. The van der Waals surface area contributed by atoms with Crippen molar-refractivity contribution in [2.45, 2.75) is 19.1 Å². The van der Waals surface area contributed by atoms with Gasteiger partial charge < -0.3 is 31.1 Å². The third-order valence-corrected chi connectivity index (χ3v) is 5.53. The second-order valence-electron chi connectivity index (χ2n) is 8.23. The summed E-state index contributed by atoms with van der Waals surface area (Å²) < 4.78 is 30.2. The first-order valence-corrected chi connectivity index (χ1v) is 9.58. The van der Waals surface area contributed by atoms with Crippen LogP contribution in [0.25, 0.3) is 16.6 Å². The third-order valence-electron chi connectivity index (χ3n) is 5.53. The van der Waals surface area contributed by atoms with Crippen molar-refractivity contribution >= 4 is 41.6 Å². The molecule has 32 heavy (non-hydrogen) atoms. The Morgan fingerprint density at radius 1 is 1.25 bits per heavy atom. The minimum absolute atomic E-state index is 0.00253. The molecule has 2 radical (unpaired) electrons. The molecule has 8 nitrogen and oxygen atoms in total. The quantitative estimate of drug-likeness (QED) is 0.340. The van der Waals surface area contributed by atoms with Crippen LogP contribution in [0.5, 0.6) is 0 Å². The fourth-order valence-corrected chi connectivity index (χ4v) is 4.10. The summed E-state index contributed by atoms with van der Waals surface area (Å²) in [5, 5.41) is 19.0. The SMILES string of the molecule is [B]c1c(N2CC(C)(N)C2)c(F)cc2c(=O)c(C(=O)O)cn(-c3cc(N)c(F)cc3CO)c12. The summed E-state index contributed by atoms with van der Waals surface area (Å²) in [6.45, 7) is 1.79. The molecule has 6 N–H and O–H groups in total. The Morgan fingerprint density at radius 2 is 1.91 bits per heavy atom. The minimum atomic E-state index is -1.55. The molecule has 2 heterocycles. The van der Waals surface area contributed by atoms with Gasteiger partial charge in [0.1, 0.15) is 25.0 Å². The van der Waals surface area contributed by atoms with Crippen molar-refractivity contribution in [2.75, 3.05) is 23.7 Å². The van der Waals surface area contributed by atoms with Gasteiger partial charge in [-0.05, 0) is 30.6 Å². The van der Waals surface area contributed by atoms with Crippen LogP contribution in [-0.2, 0) is 6.61 Å². The fraction of sp³-hybridized carbons (Fsp3) is 0.238. The molecule has 4 rings (SSSR count). The first kappa shape index (κ1) is 21.8. The van der Waals surface area contributed by atoms with Gasteiger partial charge in [0, 0.05) is 35.8 Å². The van der Waals surface area contributed by atoms with Crippen LogP contribution in [0.3, 0.4) is 0 Å². The summed E-state index contributed by atoms with van der Waals surface area (Å²) in [7, 11) is 6.31. The van der Waals surface area contributed by atoms with E-state index in [2.05, 4.69) is 0 Å². The van der Waals surface area contributed by atoms with Crippen molar-refractivity contribution in [2.24, 2.45) is 5.73 Å². The number of pyridine rings is 1. The molecule has 0 amide bonds. The Balaban J connectivity index is 2.13. The van der Waals surface area contributed by atoms with Crippen molar-refractivity contribution in [3.8, 4) is 5.69 Å². The molecule has 0 spiro atoms. The van der Waals surface area contributed by atoms with E-state index >= 15 is 4.39 Å². The number of hydrogen-bond acceptors (Lipinski definition) is 6. The minimum Gasteiger partial charge on any atom is -0.477 e. The summed E-state index contributed by atoms with van der Waals surface area (Å²) in [6, 6.07) is 3.09. The molecule has 1 fully saturated rings. The number of nitrogen functional groups attached to an aromatic ring is 1. The van der Waals surface area contributed by atoms with Crippen LogP contribution in [0.15, 0.2) is 29.2 Å². The highest BCUT2D eigenvalue weighted by Gasteiger charge is 2.37. The van der Waals surface area contributed by atoms with Crippen LogP contribution in [-0.4, -0.2) is 47.2 Å². The predicted molar refractivity (Wildman–Crippen MR) is 117 cm³/mol. The van der Waals surface area contributed by atoms with Crippen molar-refractivity contribution in [1.82, 2.24) is 4.57 Å². The van der Waals surface area contributed by atoms with Gasteiger partial charge in [-0.1, -0.05) is 0 Å². The lowest BCUT2D eigenvalue weighted by Crippen LogP contribution is -2.66. The summed E-state index contributed by atoms with van der Waals surface area (Å²) in [5.41, 5.74) is 9.34. The maximum atomic E-state index is 15.0. The average molecular weight is 440 g/mol. The van der Waals surface area contributed by atoms with Gasteiger partial charge >= 0.3 is 5.97 Å². The highest BCUT2D eigenvalue weighted by molar-refractivity contribution is 6.42. The van der Waals surface area contributed by atoms with E-state index in [0.717, 1.165) is 18.3 Å². The van der Waals surface area contributed by atoms with Crippen LogP contribution < -0.4 is 27.3 Å². The lowest BCUT2D eigenvalue weighted by Gasteiger charge is -2.47. The lowest BCUT2D eigenvalue weighted by molar-refractivity contribution is 0.0695. The second-order valence-corrected chi connectivity index (χ2v) is 8.23. The number of anilines is 2. The molecule has 3 aromatic rings. The summed E-state index contributed by atoms with van der Waals surface area (Å²) in [5.74, 6) is -3.14. The van der Waals surface area contributed by atoms with E-state index in [9.17, 15) is 24.2 Å². The smallest absolute Gasteiger partial charge is 0.341 e. The maximum Gasteiger partial charge on any atom is 0.341 e. The molecule has 1 aliphatic rings. The molecule has 0 unspecified atom stereocenters. The van der Waals surface area contributed by atoms with Gasteiger partial charge in [0.25, 0.3) is 0 Å². The number of fused-ring (bicyclic) bond motifs is 1. The van der Waals surface area contributed by atoms with Gasteiger partial charge in [-0.2, -0.15) is 0 Å². The number of aromatic carboxylic acids is 1. The van der Waals surface area contributed by atoms with Crippen LogP contribution in [0, 0.1) is 11.6 Å². The number of nitrogens with zero attached hydrogens (tertiary/aromatic N) is 2. The van der Waals surface area contributed by atoms with Gasteiger partial charge in [-0.3, -0.25) is 4.79 Å². The van der Waals surface area contributed by atoms with Crippen LogP contribution in [0.4, 0.5) is 20.2 Å². The first-order valence-electron chi connectivity index (χ1n) is 9.58. The van der Waals surface area contributed by atoms with Crippen molar-refractivity contribution in [1.29, 1.82) is 0 Å². The monoisotopic (exact) mass is 440 g/mol. The Hall–Kier alpha value is -3.44. The molecule has 0 atom stereocenters. The van der Waals surface area contributed by atoms with Crippen LogP contribution >= 0.6 is 0 Å². The van der Waals surface area contributed by atoms with Gasteiger partial charge in [0.15, 0.2) is 0 Å². The van der Waals surface area contributed by atoms with Crippen molar-refractivity contribution in [3.63, 3.8) is 0 Å². The molecule has 1 aromatic heterocycles. The number of carboxylic acids is 1.